The molecule has 1 saturated carbocycles. The summed E-state index contributed by atoms with van der Waals surface area (Å²) in [6.45, 7) is 0. The molecule has 3 rings (SSSR count). The molecule has 4 N–H and O–H groups in total. The van der Waals surface area contributed by atoms with Crippen LogP contribution in [0.25, 0.3) is 0 Å². The number of nitrogen functional groups attached to an aromatic ring is 1. The molecule has 5 nitrogen and oxygen atoms in total. The molecule has 0 unspecified atom stereocenters. The first-order valence-electron chi connectivity index (χ1n) is 6.16. The van der Waals surface area contributed by atoms with Crippen molar-refractivity contribution in [3.63, 3.8) is 0 Å². The normalized spacial score (nSPS) is 14.3. The Labute approximate surface area is 129 Å². The Kier molecular flexibility index (Phi) is 3.43. The maximum atomic E-state index is 12.2. The first-order valence-corrected chi connectivity index (χ1v) is 7.33. The van der Waals surface area contributed by atoms with Crippen molar-refractivity contribution in [2.45, 2.75) is 18.8 Å². The number of anilines is 2. The van der Waals surface area contributed by atoms with Crippen LogP contribution in [0.5, 0.6) is 0 Å². The van der Waals surface area contributed by atoms with Gasteiger partial charge in [0.15, 0.2) is 5.69 Å². The Morgan fingerprint density at radius 2 is 2.25 bits per heavy atom. The van der Waals surface area contributed by atoms with E-state index in [-0.39, 0.29) is 11.6 Å². The molecule has 0 atom stereocenters. The molecule has 2 aromatic rings. The van der Waals surface area contributed by atoms with Gasteiger partial charge in [0.05, 0.1) is 16.4 Å². The number of amides is 1. The van der Waals surface area contributed by atoms with Crippen LogP contribution in [-0.4, -0.2) is 16.1 Å². The van der Waals surface area contributed by atoms with Gasteiger partial charge in [0, 0.05) is 16.1 Å². The second-order valence-electron chi connectivity index (χ2n) is 4.76. The Morgan fingerprint density at radius 3 is 2.90 bits per heavy atom. The van der Waals surface area contributed by atoms with E-state index in [4.69, 9.17) is 17.3 Å². The highest BCUT2D eigenvalue weighted by atomic mass is 79.9. The van der Waals surface area contributed by atoms with Gasteiger partial charge in [-0.3, -0.25) is 9.89 Å². The fraction of sp³-hybridized carbons (Fsp3) is 0.231. The summed E-state index contributed by atoms with van der Waals surface area (Å²) in [5.74, 6) is 0.0913. The molecule has 0 bridgehead atoms. The van der Waals surface area contributed by atoms with Crippen LogP contribution in [0, 0.1) is 0 Å². The molecule has 1 aliphatic carbocycles. The zero-order valence-electron chi connectivity index (χ0n) is 10.4. The van der Waals surface area contributed by atoms with E-state index in [2.05, 4.69) is 31.4 Å². The van der Waals surface area contributed by atoms with Crippen LogP contribution < -0.4 is 11.1 Å². The van der Waals surface area contributed by atoms with Gasteiger partial charge >= 0.3 is 0 Å². The number of halogens is 2. The van der Waals surface area contributed by atoms with Gasteiger partial charge in [0.1, 0.15) is 0 Å². The van der Waals surface area contributed by atoms with Gasteiger partial charge in [-0.15, -0.1) is 0 Å². The molecule has 1 fully saturated rings. The maximum Gasteiger partial charge on any atom is 0.278 e. The second-order valence-corrected chi connectivity index (χ2v) is 6.02. The van der Waals surface area contributed by atoms with E-state index in [0.29, 0.717) is 26.8 Å². The molecule has 0 spiro atoms. The summed E-state index contributed by atoms with van der Waals surface area (Å²) >= 11 is 9.22. The van der Waals surface area contributed by atoms with Crippen LogP contribution in [0.1, 0.15) is 34.9 Å². The zero-order valence-corrected chi connectivity index (χ0v) is 12.8. The van der Waals surface area contributed by atoms with Crippen LogP contribution in [-0.2, 0) is 0 Å². The van der Waals surface area contributed by atoms with E-state index < -0.39 is 0 Å². The van der Waals surface area contributed by atoms with Gasteiger partial charge in [-0.25, -0.2) is 0 Å². The molecule has 1 aromatic carbocycles. The van der Waals surface area contributed by atoms with Crippen molar-refractivity contribution < 1.29 is 4.79 Å². The molecule has 1 amide bonds. The SMILES string of the molecule is Nc1c(C(=O)Nc2ccc(Cl)c(Br)c2)n[nH]c1C1CC1. The van der Waals surface area contributed by atoms with Crippen molar-refractivity contribution >= 4 is 44.8 Å². The minimum atomic E-state index is -0.333. The first kappa shape index (κ1) is 13.5. The average molecular weight is 356 g/mol. The number of carbonyl (C=O) groups is 1. The summed E-state index contributed by atoms with van der Waals surface area (Å²) in [5.41, 5.74) is 8.14. The monoisotopic (exact) mass is 354 g/mol. The number of hydrogen-bond donors (Lipinski definition) is 3. The highest BCUT2D eigenvalue weighted by Gasteiger charge is 2.30. The van der Waals surface area contributed by atoms with Gasteiger partial charge in [0.2, 0.25) is 0 Å². The number of nitrogens with two attached hydrogens (primary N) is 1. The molecule has 7 heteroatoms. The van der Waals surface area contributed by atoms with E-state index in [1.807, 2.05) is 0 Å². The molecule has 0 radical (unpaired) electrons. The van der Waals surface area contributed by atoms with Crippen LogP contribution in [0.3, 0.4) is 0 Å². The average Bonchev–Trinajstić information content (AvgIpc) is 3.17. The number of nitrogens with zero attached hydrogens (tertiary/aromatic N) is 1. The van der Waals surface area contributed by atoms with Gasteiger partial charge in [0.25, 0.3) is 5.91 Å². The number of rotatable bonds is 3. The largest absolute Gasteiger partial charge is 0.395 e. The molecular weight excluding hydrogens is 344 g/mol. The topological polar surface area (TPSA) is 83.8 Å². The third-order valence-electron chi connectivity index (χ3n) is 3.21. The van der Waals surface area contributed by atoms with Crippen LogP contribution in [0.2, 0.25) is 5.02 Å². The van der Waals surface area contributed by atoms with E-state index in [9.17, 15) is 4.79 Å². The highest BCUT2D eigenvalue weighted by molar-refractivity contribution is 9.10. The molecular formula is C13H12BrClN4O. The van der Waals surface area contributed by atoms with Crippen molar-refractivity contribution in [1.82, 2.24) is 10.2 Å². The van der Waals surface area contributed by atoms with Crippen molar-refractivity contribution in [3.8, 4) is 0 Å². The number of H-pyrrole nitrogens is 1. The molecule has 0 aliphatic heterocycles. The van der Waals surface area contributed by atoms with Gasteiger partial charge in [-0.05, 0) is 47.0 Å². The number of nitrogens with one attached hydrogen (secondary N) is 2. The number of hydrogen-bond acceptors (Lipinski definition) is 3. The lowest BCUT2D eigenvalue weighted by Gasteiger charge is -2.05. The van der Waals surface area contributed by atoms with E-state index in [1.54, 1.807) is 18.2 Å². The number of aromatic nitrogens is 2. The van der Waals surface area contributed by atoms with Crippen LogP contribution in [0.15, 0.2) is 22.7 Å². The summed E-state index contributed by atoms with van der Waals surface area (Å²) < 4.78 is 0.714. The zero-order chi connectivity index (χ0) is 14.3. The third kappa shape index (κ3) is 2.53. The van der Waals surface area contributed by atoms with Gasteiger partial charge in [-0.2, -0.15) is 5.10 Å². The van der Waals surface area contributed by atoms with E-state index >= 15 is 0 Å². The molecule has 0 saturated heterocycles. The summed E-state index contributed by atoms with van der Waals surface area (Å²) in [6, 6.07) is 5.14. The fourth-order valence-corrected chi connectivity index (χ4v) is 2.48. The minimum absolute atomic E-state index is 0.234. The molecule has 20 heavy (non-hydrogen) atoms. The number of aromatic amines is 1. The first-order chi connectivity index (χ1) is 9.56. The summed E-state index contributed by atoms with van der Waals surface area (Å²) in [7, 11) is 0. The van der Waals surface area contributed by atoms with Crippen LogP contribution in [0.4, 0.5) is 11.4 Å². The lowest BCUT2D eigenvalue weighted by atomic mass is 10.2. The lowest BCUT2D eigenvalue weighted by molar-refractivity contribution is 0.102. The molecule has 1 aliphatic rings. The molecule has 104 valence electrons. The summed E-state index contributed by atoms with van der Waals surface area (Å²) in [5, 5.41) is 10.2. The molecule has 1 aromatic heterocycles. The molecule has 1 heterocycles. The third-order valence-corrected chi connectivity index (χ3v) is 4.43. The minimum Gasteiger partial charge on any atom is -0.395 e. The Hall–Kier alpha value is -1.53. The predicted molar refractivity (Wildman–Crippen MR) is 82.1 cm³/mol. The van der Waals surface area contributed by atoms with Crippen LogP contribution >= 0.6 is 27.5 Å². The Morgan fingerprint density at radius 1 is 1.50 bits per heavy atom. The van der Waals surface area contributed by atoms with Gasteiger partial charge < -0.3 is 11.1 Å². The van der Waals surface area contributed by atoms with Gasteiger partial charge in [-0.1, -0.05) is 11.6 Å². The fourth-order valence-electron chi connectivity index (χ4n) is 1.98. The predicted octanol–water partition coefficient (Wildman–Crippen LogP) is 3.54. The van der Waals surface area contributed by atoms with Crippen molar-refractivity contribution in [2.75, 3.05) is 11.1 Å². The van der Waals surface area contributed by atoms with E-state index in [0.717, 1.165) is 18.5 Å². The quantitative estimate of drug-likeness (QED) is 0.787. The summed E-state index contributed by atoms with van der Waals surface area (Å²) in [4.78, 5) is 12.2. The second kappa shape index (κ2) is 5.10. The van der Waals surface area contributed by atoms with Crippen molar-refractivity contribution in [2.24, 2.45) is 0 Å². The summed E-state index contributed by atoms with van der Waals surface area (Å²) in [6.07, 6.45) is 2.19. The smallest absolute Gasteiger partial charge is 0.278 e. The maximum absolute atomic E-state index is 12.2. The highest BCUT2D eigenvalue weighted by Crippen LogP contribution is 2.42. The van der Waals surface area contributed by atoms with Crippen molar-refractivity contribution in [1.29, 1.82) is 0 Å². The van der Waals surface area contributed by atoms with Crippen molar-refractivity contribution in [3.05, 3.63) is 39.1 Å². The number of carbonyl (C=O) groups excluding carboxylic acids is 1. The number of benzene rings is 1. The lowest BCUT2D eigenvalue weighted by Crippen LogP contribution is -2.14. The standard InChI is InChI=1S/C13H12BrClN4O/c14-8-5-7(3-4-9(8)15)17-13(20)12-10(16)11(18-19-12)6-1-2-6/h3-6H,1-2,16H2,(H,17,20)(H,18,19). The van der Waals surface area contributed by atoms with E-state index in [1.165, 1.54) is 0 Å². The Balaban J connectivity index is 1.80. The Bertz CT molecular complexity index is 681.